The molecule has 1 aromatic carbocycles. The fraction of sp³-hybridized carbons (Fsp3) is 0.500. The molecule has 0 bridgehead atoms. The van der Waals surface area contributed by atoms with Crippen molar-refractivity contribution >= 4 is 17.5 Å². The van der Waals surface area contributed by atoms with E-state index >= 15 is 0 Å². The molecule has 0 unspecified atom stereocenters. The first-order valence-electron chi connectivity index (χ1n) is 6.43. The Morgan fingerprint density at radius 3 is 2.95 bits per heavy atom. The number of ether oxygens (including phenoxy) is 1. The number of hydrogen-bond donors (Lipinski definition) is 1. The highest BCUT2D eigenvalue weighted by Gasteiger charge is 2.31. The number of carbonyl (C=O) groups is 1. The van der Waals surface area contributed by atoms with Gasteiger partial charge >= 0.3 is 0 Å². The zero-order chi connectivity index (χ0) is 14.9. The molecule has 0 spiro atoms. The molecule has 1 aliphatic heterocycles. The molecule has 1 N–H and O–H groups in total. The molecular formula is C14H17ClFNO3. The summed E-state index contributed by atoms with van der Waals surface area (Å²) < 4.78 is 18.8. The van der Waals surface area contributed by atoms with Crippen LogP contribution < -0.4 is 0 Å². The van der Waals surface area contributed by atoms with Crippen molar-refractivity contribution in [3.63, 3.8) is 0 Å². The van der Waals surface area contributed by atoms with E-state index in [0.717, 1.165) is 6.07 Å². The molecular weight excluding hydrogens is 285 g/mol. The summed E-state index contributed by atoms with van der Waals surface area (Å²) in [6.07, 6.45) is -0.393. The lowest BCUT2D eigenvalue weighted by atomic mass is 10.1. The van der Waals surface area contributed by atoms with Gasteiger partial charge in [0.25, 0.3) is 5.91 Å². The van der Waals surface area contributed by atoms with Crippen LogP contribution in [-0.4, -0.2) is 47.8 Å². The van der Waals surface area contributed by atoms with Gasteiger partial charge in [-0.1, -0.05) is 11.6 Å². The van der Waals surface area contributed by atoms with Gasteiger partial charge in [0.1, 0.15) is 5.82 Å². The summed E-state index contributed by atoms with van der Waals surface area (Å²) in [7, 11) is 0. The van der Waals surface area contributed by atoms with Crippen LogP contribution in [0.15, 0.2) is 12.1 Å². The van der Waals surface area contributed by atoms with Gasteiger partial charge in [-0.05, 0) is 31.5 Å². The number of aliphatic hydroxyl groups excluding tert-OH is 1. The second-order valence-electron chi connectivity index (χ2n) is 5.03. The predicted molar refractivity (Wildman–Crippen MR) is 73.5 cm³/mol. The summed E-state index contributed by atoms with van der Waals surface area (Å²) >= 11 is 5.97. The van der Waals surface area contributed by atoms with Gasteiger partial charge in [0.05, 0.1) is 35.9 Å². The van der Waals surface area contributed by atoms with Gasteiger partial charge in [0.15, 0.2) is 0 Å². The van der Waals surface area contributed by atoms with Crippen LogP contribution in [-0.2, 0) is 4.74 Å². The molecule has 1 heterocycles. The molecule has 0 saturated carbocycles. The minimum atomic E-state index is -0.435. The number of halogens is 2. The Hall–Kier alpha value is -1.17. The van der Waals surface area contributed by atoms with E-state index in [1.807, 2.05) is 6.92 Å². The predicted octanol–water partition coefficient (Wildman–Crippen LogP) is 2.01. The summed E-state index contributed by atoms with van der Waals surface area (Å²) in [6.45, 7) is 3.95. The molecule has 0 radical (unpaired) electrons. The van der Waals surface area contributed by atoms with Crippen LogP contribution in [0.2, 0.25) is 5.02 Å². The van der Waals surface area contributed by atoms with Crippen LogP contribution >= 0.6 is 11.6 Å². The van der Waals surface area contributed by atoms with E-state index in [4.69, 9.17) is 21.4 Å². The molecule has 2 rings (SSSR count). The largest absolute Gasteiger partial charge is 0.394 e. The number of benzene rings is 1. The van der Waals surface area contributed by atoms with E-state index in [1.54, 1.807) is 11.8 Å². The van der Waals surface area contributed by atoms with Crippen LogP contribution in [0, 0.1) is 12.7 Å². The van der Waals surface area contributed by atoms with E-state index in [1.165, 1.54) is 6.07 Å². The van der Waals surface area contributed by atoms with Crippen molar-refractivity contribution in [2.24, 2.45) is 0 Å². The molecule has 2 atom stereocenters. The quantitative estimate of drug-likeness (QED) is 0.909. The summed E-state index contributed by atoms with van der Waals surface area (Å²) in [4.78, 5) is 14.1. The van der Waals surface area contributed by atoms with Crippen LogP contribution in [0.25, 0.3) is 0 Å². The van der Waals surface area contributed by atoms with E-state index in [-0.39, 0.29) is 29.1 Å². The molecule has 0 aliphatic carbocycles. The molecule has 1 aromatic rings. The third-order valence-electron chi connectivity index (χ3n) is 3.45. The van der Waals surface area contributed by atoms with E-state index in [9.17, 15) is 9.18 Å². The number of carbonyl (C=O) groups excluding carboxylic acids is 1. The second kappa shape index (κ2) is 6.08. The van der Waals surface area contributed by atoms with Crippen LogP contribution in [0.5, 0.6) is 0 Å². The molecule has 1 aliphatic rings. The lowest BCUT2D eigenvalue weighted by molar-refractivity contribution is -0.0667. The minimum Gasteiger partial charge on any atom is -0.394 e. The molecule has 1 amide bonds. The molecule has 110 valence electrons. The maximum absolute atomic E-state index is 13.4. The number of morpholine rings is 1. The highest BCUT2D eigenvalue weighted by atomic mass is 35.5. The molecule has 1 fully saturated rings. The summed E-state index contributed by atoms with van der Waals surface area (Å²) in [6, 6.07) is 2.49. The summed E-state index contributed by atoms with van der Waals surface area (Å²) in [5.74, 6) is -0.706. The van der Waals surface area contributed by atoms with Gasteiger partial charge in [0.2, 0.25) is 0 Å². The Balaban J connectivity index is 2.28. The normalized spacial score (nSPS) is 22.9. The number of aliphatic hydroxyl groups is 1. The van der Waals surface area contributed by atoms with E-state index in [0.29, 0.717) is 18.7 Å². The van der Waals surface area contributed by atoms with Gasteiger partial charge in [-0.15, -0.1) is 0 Å². The van der Waals surface area contributed by atoms with Crippen LogP contribution in [0.1, 0.15) is 22.8 Å². The van der Waals surface area contributed by atoms with E-state index in [2.05, 4.69) is 0 Å². The number of amides is 1. The summed E-state index contributed by atoms with van der Waals surface area (Å²) in [5.41, 5.74) is 0.647. The fourth-order valence-corrected chi connectivity index (χ4v) is 2.42. The first kappa shape index (κ1) is 15.2. The SMILES string of the molecule is Cc1cc(C(=O)N2C[C@@H](CO)OC[C@H]2C)c(Cl)cc1F. The van der Waals surface area contributed by atoms with Crippen molar-refractivity contribution in [1.82, 2.24) is 4.90 Å². The third-order valence-corrected chi connectivity index (χ3v) is 3.76. The van der Waals surface area contributed by atoms with E-state index < -0.39 is 11.9 Å². The Morgan fingerprint density at radius 1 is 1.60 bits per heavy atom. The molecule has 0 aromatic heterocycles. The first-order valence-corrected chi connectivity index (χ1v) is 6.81. The van der Waals surface area contributed by atoms with Gasteiger partial charge in [-0.2, -0.15) is 0 Å². The van der Waals surface area contributed by atoms with Crippen molar-refractivity contribution < 1.29 is 19.0 Å². The molecule has 6 heteroatoms. The standard InChI is InChI=1S/C14H17ClFNO3/c1-8-3-11(12(15)4-13(8)16)14(19)17-5-10(6-18)20-7-9(17)2/h3-4,9-10,18H,5-7H2,1-2H3/t9-,10+/m1/s1. The zero-order valence-corrected chi connectivity index (χ0v) is 12.2. The number of aryl methyl sites for hydroxylation is 1. The highest BCUT2D eigenvalue weighted by molar-refractivity contribution is 6.33. The topological polar surface area (TPSA) is 49.8 Å². The van der Waals surface area contributed by atoms with Crippen LogP contribution in [0.4, 0.5) is 4.39 Å². The van der Waals surface area contributed by atoms with Gasteiger partial charge in [0, 0.05) is 6.54 Å². The molecule has 4 nitrogen and oxygen atoms in total. The maximum Gasteiger partial charge on any atom is 0.255 e. The Bertz CT molecular complexity index is 523. The first-order chi connectivity index (χ1) is 9.43. The zero-order valence-electron chi connectivity index (χ0n) is 11.4. The summed E-state index contributed by atoms with van der Waals surface area (Å²) in [5, 5.41) is 9.24. The molecule has 1 saturated heterocycles. The van der Waals surface area contributed by atoms with Gasteiger partial charge in [-0.25, -0.2) is 4.39 Å². The van der Waals surface area contributed by atoms with Crippen LogP contribution in [0.3, 0.4) is 0 Å². The molecule has 20 heavy (non-hydrogen) atoms. The number of rotatable bonds is 2. The number of nitrogens with zero attached hydrogens (tertiary/aromatic N) is 1. The van der Waals surface area contributed by atoms with Gasteiger partial charge < -0.3 is 14.7 Å². The third kappa shape index (κ3) is 2.95. The van der Waals surface area contributed by atoms with Crippen molar-refractivity contribution in [3.05, 3.63) is 34.1 Å². The fourth-order valence-electron chi connectivity index (χ4n) is 2.19. The van der Waals surface area contributed by atoms with Crippen molar-refractivity contribution in [2.75, 3.05) is 19.8 Å². The van der Waals surface area contributed by atoms with Gasteiger partial charge in [-0.3, -0.25) is 4.79 Å². The Kier molecular flexibility index (Phi) is 4.62. The van der Waals surface area contributed by atoms with Crippen molar-refractivity contribution in [3.8, 4) is 0 Å². The Morgan fingerprint density at radius 2 is 2.30 bits per heavy atom. The average molecular weight is 302 g/mol. The number of hydrogen-bond acceptors (Lipinski definition) is 3. The van der Waals surface area contributed by atoms with Crippen molar-refractivity contribution in [2.45, 2.75) is 26.0 Å². The lowest BCUT2D eigenvalue weighted by Gasteiger charge is -2.37. The smallest absolute Gasteiger partial charge is 0.255 e. The maximum atomic E-state index is 13.4. The second-order valence-corrected chi connectivity index (χ2v) is 5.43. The minimum absolute atomic E-state index is 0.0948. The Labute approximate surface area is 122 Å². The monoisotopic (exact) mass is 301 g/mol. The lowest BCUT2D eigenvalue weighted by Crippen LogP contribution is -2.52. The van der Waals surface area contributed by atoms with Crippen molar-refractivity contribution in [1.29, 1.82) is 0 Å². The highest BCUT2D eigenvalue weighted by Crippen LogP contribution is 2.24. The average Bonchev–Trinajstić information content (AvgIpc) is 2.42.